The second-order valence-electron chi connectivity index (χ2n) is 2.32. The number of rotatable bonds is 2. The number of hydrogen-bond acceptors (Lipinski definition) is 3. The molecule has 0 aliphatic heterocycles. The summed E-state index contributed by atoms with van der Waals surface area (Å²) in [7, 11) is -3.62. The molecule has 13 heavy (non-hydrogen) atoms. The van der Waals surface area contributed by atoms with Crippen LogP contribution in [0, 0.1) is 0 Å². The number of primary sulfonamides is 1. The molecule has 5 nitrogen and oxygen atoms in total. The number of hydrogen-bond donors (Lipinski definition) is 2. The Hall–Kier alpha value is -1.40. The molecule has 0 spiro atoms. The van der Waals surface area contributed by atoms with Crippen LogP contribution in [0.5, 0.6) is 0 Å². The average molecular weight is 199 g/mol. The molecule has 1 aromatic carbocycles. The molecule has 0 unspecified atom stereocenters. The summed E-state index contributed by atoms with van der Waals surface area (Å²) >= 11 is 0. The maximum absolute atomic E-state index is 10.8. The summed E-state index contributed by atoms with van der Waals surface area (Å²) in [5.41, 5.74) is 5.63. The molecule has 0 radical (unpaired) electrons. The van der Waals surface area contributed by atoms with Crippen molar-refractivity contribution in [3.8, 4) is 0 Å². The Kier molecular flexibility index (Phi) is 2.64. The highest BCUT2D eigenvalue weighted by Gasteiger charge is 2.05. The minimum Gasteiger partial charge on any atom is -0.390 e. The summed E-state index contributed by atoms with van der Waals surface area (Å²) in [4.78, 5) is 3.81. The number of nitrogens with zero attached hydrogens (tertiary/aromatic N) is 1. The van der Waals surface area contributed by atoms with Crippen LogP contribution in [0.4, 0.5) is 5.69 Å². The van der Waals surface area contributed by atoms with Gasteiger partial charge in [-0.25, -0.2) is 18.5 Å². The lowest BCUT2D eigenvalue weighted by atomic mass is 10.3. The van der Waals surface area contributed by atoms with Crippen LogP contribution in [0.15, 0.2) is 34.2 Å². The smallest absolute Gasteiger partial charge is 0.238 e. The van der Waals surface area contributed by atoms with E-state index in [4.69, 9.17) is 10.9 Å². The highest BCUT2D eigenvalue weighted by atomic mass is 32.2. The third-order valence-electron chi connectivity index (χ3n) is 1.39. The SMILES string of the molecule is NC=Nc1ccc(S(N)(=O)=O)cc1. The fraction of sp³-hybridized carbons (Fsp3) is 0. The first-order valence-corrected chi connectivity index (χ1v) is 4.96. The molecular formula is C7H9N3O2S. The van der Waals surface area contributed by atoms with Gasteiger partial charge in [-0.3, -0.25) is 0 Å². The lowest BCUT2D eigenvalue weighted by molar-refractivity contribution is 0.598. The van der Waals surface area contributed by atoms with Gasteiger partial charge in [0.15, 0.2) is 0 Å². The summed E-state index contributed by atoms with van der Waals surface area (Å²) in [6, 6.07) is 5.78. The quantitative estimate of drug-likeness (QED) is 0.516. The Morgan fingerprint density at radius 3 is 2.15 bits per heavy atom. The van der Waals surface area contributed by atoms with Crippen LogP contribution in [-0.2, 0) is 10.0 Å². The molecular weight excluding hydrogens is 190 g/mol. The topological polar surface area (TPSA) is 98.5 Å². The second-order valence-corrected chi connectivity index (χ2v) is 3.88. The Labute approximate surface area is 76.1 Å². The predicted molar refractivity (Wildman–Crippen MR) is 50.2 cm³/mol. The van der Waals surface area contributed by atoms with Gasteiger partial charge in [0.2, 0.25) is 10.0 Å². The summed E-state index contributed by atoms with van der Waals surface area (Å²) in [5, 5.41) is 4.89. The highest BCUT2D eigenvalue weighted by Crippen LogP contribution is 2.14. The van der Waals surface area contributed by atoms with Crippen LogP contribution in [0.2, 0.25) is 0 Å². The van der Waals surface area contributed by atoms with E-state index in [9.17, 15) is 8.42 Å². The van der Waals surface area contributed by atoms with Crippen molar-refractivity contribution in [1.82, 2.24) is 0 Å². The van der Waals surface area contributed by atoms with E-state index in [-0.39, 0.29) is 4.90 Å². The van der Waals surface area contributed by atoms with Gasteiger partial charge in [0, 0.05) is 0 Å². The van der Waals surface area contributed by atoms with E-state index in [0.29, 0.717) is 5.69 Å². The molecule has 0 atom stereocenters. The van der Waals surface area contributed by atoms with Gasteiger partial charge in [0.25, 0.3) is 0 Å². The lowest BCUT2D eigenvalue weighted by Crippen LogP contribution is -2.11. The third-order valence-corrected chi connectivity index (χ3v) is 2.32. The first-order chi connectivity index (χ1) is 6.04. The van der Waals surface area contributed by atoms with Gasteiger partial charge in [-0.05, 0) is 24.3 Å². The molecule has 1 aromatic rings. The van der Waals surface area contributed by atoms with E-state index in [1.165, 1.54) is 24.3 Å². The van der Waals surface area contributed by atoms with E-state index in [1.807, 2.05) is 0 Å². The maximum Gasteiger partial charge on any atom is 0.238 e. The summed E-state index contributed by atoms with van der Waals surface area (Å²) < 4.78 is 21.6. The lowest BCUT2D eigenvalue weighted by Gasteiger charge is -1.97. The van der Waals surface area contributed by atoms with Crippen molar-refractivity contribution >= 4 is 22.0 Å². The van der Waals surface area contributed by atoms with Crippen molar-refractivity contribution in [2.45, 2.75) is 4.90 Å². The van der Waals surface area contributed by atoms with Crippen LogP contribution in [0.1, 0.15) is 0 Å². The molecule has 0 saturated heterocycles. The monoisotopic (exact) mass is 199 g/mol. The zero-order chi connectivity index (χ0) is 9.90. The van der Waals surface area contributed by atoms with Gasteiger partial charge in [-0.15, -0.1) is 0 Å². The largest absolute Gasteiger partial charge is 0.390 e. The Bertz CT molecular complexity index is 408. The number of aliphatic imine (C=N–C) groups is 1. The molecule has 0 aliphatic rings. The molecule has 0 amide bonds. The molecule has 0 aromatic heterocycles. The van der Waals surface area contributed by atoms with E-state index < -0.39 is 10.0 Å². The molecule has 0 aliphatic carbocycles. The standard InChI is InChI=1S/C7H9N3O2S/c8-5-10-6-1-3-7(4-2-6)13(9,11)12/h1-5H,(H2,8,10)(H2,9,11,12). The van der Waals surface area contributed by atoms with Crippen LogP contribution >= 0.6 is 0 Å². The first-order valence-electron chi connectivity index (χ1n) is 3.41. The van der Waals surface area contributed by atoms with Gasteiger partial charge in [-0.2, -0.15) is 0 Å². The van der Waals surface area contributed by atoms with Crippen LogP contribution in [0.25, 0.3) is 0 Å². The van der Waals surface area contributed by atoms with Gasteiger partial charge < -0.3 is 5.73 Å². The van der Waals surface area contributed by atoms with E-state index in [0.717, 1.165) is 6.34 Å². The normalized spacial score (nSPS) is 12.1. The number of nitrogens with two attached hydrogens (primary N) is 2. The third kappa shape index (κ3) is 2.53. The summed E-state index contributed by atoms with van der Waals surface area (Å²) in [6.07, 6.45) is 1.13. The molecule has 1 rings (SSSR count). The van der Waals surface area contributed by atoms with E-state index >= 15 is 0 Å². The number of benzene rings is 1. The van der Waals surface area contributed by atoms with Crippen molar-refractivity contribution in [3.63, 3.8) is 0 Å². The van der Waals surface area contributed by atoms with Crippen LogP contribution in [0.3, 0.4) is 0 Å². The molecule has 70 valence electrons. The zero-order valence-corrected chi connectivity index (χ0v) is 7.53. The van der Waals surface area contributed by atoms with Crippen molar-refractivity contribution in [2.24, 2.45) is 15.9 Å². The van der Waals surface area contributed by atoms with Gasteiger partial charge in [0.05, 0.1) is 16.9 Å². The Morgan fingerprint density at radius 2 is 1.77 bits per heavy atom. The van der Waals surface area contributed by atoms with Crippen molar-refractivity contribution in [2.75, 3.05) is 0 Å². The van der Waals surface area contributed by atoms with Crippen molar-refractivity contribution in [1.29, 1.82) is 0 Å². The summed E-state index contributed by atoms with van der Waals surface area (Å²) in [5.74, 6) is 0. The van der Waals surface area contributed by atoms with Gasteiger partial charge in [-0.1, -0.05) is 0 Å². The van der Waals surface area contributed by atoms with Crippen molar-refractivity contribution in [3.05, 3.63) is 24.3 Å². The van der Waals surface area contributed by atoms with E-state index in [2.05, 4.69) is 4.99 Å². The van der Waals surface area contributed by atoms with Crippen molar-refractivity contribution < 1.29 is 8.42 Å². The minimum absolute atomic E-state index is 0.0588. The summed E-state index contributed by atoms with van der Waals surface area (Å²) in [6.45, 7) is 0. The average Bonchev–Trinajstić information content (AvgIpc) is 2.04. The fourth-order valence-electron chi connectivity index (χ4n) is 0.808. The highest BCUT2D eigenvalue weighted by molar-refractivity contribution is 7.89. The maximum atomic E-state index is 10.8. The molecule has 6 heteroatoms. The van der Waals surface area contributed by atoms with Crippen LogP contribution in [-0.4, -0.2) is 14.8 Å². The Balaban J connectivity index is 3.08. The molecule has 0 fully saturated rings. The second kappa shape index (κ2) is 3.55. The number of sulfonamides is 1. The first kappa shape index (κ1) is 9.69. The van der Waals surface area contributed by atoms with Crippen LogP contribution < -0.4 is 10.9 Å². The molecule has 0 heterocycles. The van der Waals surface area contributed by atoms with Gasteiger partial charge in [0.1, 0.15) is 0 Å². The molecule has 4 N–H and O–H groups in total. The predicted octanol–water partition coefficient (Wildman–Crippen LogP) is -0.0475. The minimum atomic E-state index is -3.62. The Morgan fingerprint density at radius 1 is 1.23 bits per heavy atom. The van der Waals surface area contributed by atoms with E-state index in [1.54, 1.807) is 0 Å². The van der Waals surface area contributed by atoms with Gasteiger partial charge >= 0.3 is 0 Å². The molecule has 0 bridgehead atoms. The fourth-order valence-corrected chi connectivity index (χ4v) is 1.32. The zero-order valence-electron chi connectivity index (χ0n) is 6.71. The molecule has 0 saturated carbocycles.